The maximum absolute atomic E-state index is 9.94. The smallest absolute Gasteiger partial charge is 0.125 e. The quantitative estimate of drug-likeness (QED) is 0.868. The standard InChI is InChI=1S/C15H20N2O2/c1-3-14(18)13-6-4-5-7-15(13)19-11-10-17-9-8-16-12(17)2/h4-9,14,18H,3,10-11H2,1-2H3/t14-/m1/s1. The minimum absolute atomic E-state index is 0.466. The molecule has 0 bridgehead atoms. The lowest BCUT2D eigenvalue weighted by molar-refractivity contribution is 0.166. The molecule has 0 aliphatic rings. The molecule has 0 saturated heterocycles. The van der Waals surface area contributed by atoms with Crippen molar-refractivity contribution in [2.45, 2.75) is 32.9 Å². The Hall–Kier alpha value is -1.81. The van der Waals surface area contributed by atoms with Crippen molar-refractivity contribution >= 4 is 0 Å². The Morgan fingerprint density at radius 3 is 2.84 bits per heavy atom. The fourth-order valence-corrected chi connectivity index (χ4v) is 2.00. The third kappa shape index (κ3) is 3.35. The van der Waals surface area contributed by atoms with E-state index >= 15 is 0 Å². The van der Waals surface area contributed by atoms with Gasteiger partial charge in [-0.1, -0.05) is 25.1 Å². The SMILES string of the molecule is CC[C@@H](O)c1ccccc1OCCn1ccnc1C. The van der Waals surface area contributed by atoms with Crippen molar-refractivity contribution in [3.8, 4) is 5.75 Å². The van der Waals surface area contributed by atoms with Crippen LogP contribution < -0.4 is 4.74 Å². The third-order valence-electron chi connectivity index (χ3n) is 3.18. The third-order valence-corrected chi connectivity index (χ3v) is 3.18. The van der Waals surface area contributed by atoms with E-state index in [2.05, 4.69) is 4.98 Å². The maximum Gasteiger partial charge on any atom is 0.125 e. The highest BCUT2D eigenvalue weighted by molar-refractivity contribution is 5.34. The minimum atomic E-state index is -0.466. The summed E-state index contributed by atoms with van der Waals surface area (Å²) in [7, 11) is 0. The number of aromatic nitrogens is 2. The van der Waals surface area contributed by atoms with Crippen LogP contribution in [0.3, 0.4) is 0 Å². The van der Waals surface area contributed by atoms with E-state index in [1.165, 1.54) is 0 Å². The molecule has 2 rings (SSSR count). The van der Waals surface area contributed by atoms with Crippen LogP contribution in [0.15, 0.2) is 36.7 Å². The highest BCUT2D eigenvalue weighted by Crippen LogP contribution is 2.26. The molecule has 1 atom stereocenters. The molecule has 0 saturated carbocycles. The molecular formula is C15H20N2O2. The summed E-state index contributed by atoms with van der Waals surface area (Å²) in [5.41, 5.74) is 0.854. The summed E-state index contributed by atoms with van der Waals surface area (Å²) in [5.74, 6) is 1.74. The van der Waals surface area contributed by atoms with Gasteiger partial charge in [0, 0.05) is 18.0 Å². The second-order valence-corrected chi connectivity index (χ2v) is 4.48. The van der Waals surface area contributed by atoms with Crippen molar-refractivity contribution in [2.75, 3.05) is 6.61 Å². The Morgan fingerprint density at radius 1 is 1.37 bits per heavy atom. The van der Waals surface area contributed by atoms with Gasteiger partial charge in [-0.05, 0) is 19.4 Å². The van der Waals surface area contributed by atoms with Gasteiger partial charge in [-0.25, -0.2) is 4.98 Å². The lowest BCUT2D eigenvalue weighted by Crippen LogP contribution is -2.10. The van der Waals surface area contributed by atoms with Gasteiger partial charge in [0.15, 0.2) is 0 Å². The van der Waals surface area contributed by atoms with E-state index in [-0.39, 0.29) is 0 Å². The van der Waals surface area contributed by atoms with Crippen molar-refractivity contribution in [3.05, 3.63) is 48.0 Å². The Labute approximate surface area is 113 Å². The first-order valence-corrected chi connectivity index (χ1v) is 6.60. The van der Waals surface area contributed by atoms with Crippen molar-refractivity contribution in [1.29, 1.82) is 0 Å². The summed E-state index contributed by atoms with van der Waals surface area (Å²) < 4.78 is 7.82. The van der Waals surface area contributed by atoms with Gasteiger partial charge >= 0.3 is 0 Å². The summed E-state index contributed by atoms with van der Waals surface area (Å²) in [6.07, 6.45) is 3.93. The monoisotopic (exact) mass is 260 g/mol. The summed E-state index contributed by atoms with van der Waals surface area (Å²) in [6, 6.07) is 7.64. The molecule has 0 aliphatic heterocycles. The highest BCUT2D eigenvalue weighted by atomic mass is 16.5. The van der Waals surface area contributed by atoms with Gasteiger partial charge in [-0.15, -0.1) is 0 Å². The van der Waals surface area contributed by atoms with Crippen LogP contribution in [0.25, 0.3) is 0 Å². The van der Waals surface area contributed by atoms with Gasteiger partial charge in [-0.3, -0.25) is 0 Å². The molecule has 2 aromatic rings. The van der Waals surface area contributed by atoms with E-state index in [9.17, 15) is 5.11 Å². The van der Waals surface area contributed by atoms with E-state index in [4.69, 9.17) is 4.74 Å². The largest absolute Gasteiger partial charge is 0.491 e. The van der Waals surface area contributed by atoms with Crippen LogP contribution in [-0.4, -0.2) is 21.3 Å². The number of imidazole rings is 1. The summed E-state index contributed by atoms with van der Waals surface area (Å²) >= 11 is 0. The molecule has 1 N–H and O–H groups in total. The van der Waals surface area contributed by atoms with Crippen LogP contribution in [0.2, 0.25) is 0 Å². The maximum atomic E-state index is 9.94. The zero-order valence-electron chi connectivity index (χ0n) is 11.4. The van der Waals surface area contributed by atoms with Crippen LogP contribution in [-0.2, 0) is 6.54 Å². The molecule has 19 heavy (non-hydrogen) atoms. The minimum Gasteiger partial charge on any atom is -0.491 e. The zero-order valence-corrected chi connectivity index (χ0v) is 11.4. The average Bonchev–Trinajstić information content (AvgIpc) is 2.84. The second kappa shape index (κ2) is 6.38. The summed E-state index contributed by atoms with van der Waals surface area (Å²) in [4.78, 5) is 4.17. The van der Waals surface area contributed by atoms with Crippen molar-refractivity contribution in [3.63, 3.8) is 0 Å². The topological polar surface area (TPSA) is 47.3 Å². The Kier molecular flexibility index (Phi) is 4.58. The second-order valence-electron chi connectivity index (χ2n) is 4.48. The van der Waals surface area contributed by atoms with E-state index in [0.717, 1.165) is 23.7 Å². The van der Waals surface area contributed by atoms with Crippen LogP contribution in [0.4, 0.5) is 0 Å². The lowest BCUT2D eigenvalue weighted by atomic mass is 10.1. The average molecular weight is 260 g/mol. The zero-order chi connectivity index (χ0) is 13.7. The predicted molar refractivity (Wildman–Crippen MR) is 74.2 cm³/mol. The molecule has 0 radical (unpaired) electrons. The molecule has 0 amide bonds. The van der Waals surface area contributed by atoms with Crippen LogP contribution in [0.5, 0.6) is 5.75 Å². The number of hydrogen-bond donors (Lipinski definition) is 1. The highest BCUT2D eigenvalue weighted by Gasteiger charge is 2.10. The van der Waals surface area contributed by atoms with E-state index < -0.39 is 6.10 Å². The number of para-hydroxylation sites is 1. The summed E-state index contributed by atoms with van der Waals surface area (Å²) in [6.45, 7) is 5.23. The van der Waals surface area contributed by atoms with Gasteiger partial charge in [0.05, 0.1) is 12.6 Å². The van der Waals surface area contributed by atoms with Crippen molar-refractivity contribution < 1.29 is 9.84 Å². The fourth-order valence-electron chi connectivity index (χ4n) is 2.00. The number of aliphatic hydroxyl groups excluding tert-OH is 1. The number of aryl methyl sites for hydroxylation is 1. The number of ether oxygens (including phenoxy) is 1. The molecule has 0 fully saturated rings. The van der Waals surface area contributed by atoms with Crippen LogP contribution in [0.1, 0.15) is 30.8 Å². The molecule has 4 nitrogen and oxygen atoms in total. The predicted octanol–water partition coefficient (Wildman–Crippen LogP) is 2.71. The van der Waals surface area contributed by atoms with E-state index in [1.807, 2.05) is 48.9 Å². The van der Waals surface area contributed by atoms with E-state index in [1.54, 1.807) is 6.20 Å². The number of nitrogens with zero attached hydrogens (tertiary/aromatic N) is 2. The van der Waals surface area contributed by atoms with Crippen molar-refractivity contribution in [2.24, 2.45) is 0 Å². The van der Waals surface area contributed by atoms with E-state index in [0.29, 0.717) is 13.0 Å². The van der Waals surface area contributed by atoms with Crippen LogP contribution in [0, 0.1) is 6.92 Å². The fraction of sp³-hybridized carbons (Fsp3) is 0.400. The number of rotatable bonds is 6. The summed E-state index contributed by atoms with van der Waals surface area (Å²) in [5, 5.41) is 9.94. The van der Waals surface area contributed by atoms with Gasteiger partial charge in [0.2, 0.25) is 0 Å². The molecule has 0 unspecified atom stereocenters. The number of benzene rings is 1. The Balaban J connectivity index is 1.98. The molecule has 102 valence electrons. The Morgan fingerprint density at radius 2 is 2.16 bits per heavy atom. The number of aliphatic hydroxyl groups is 1. The first-order valence-electron chi connectivity index (χ1n) is 6.60. The normalized spacial score (nSPS) is 12.4. The molecule has 1 aromatic carbocycles. The van der Waals surface area contributed by atoms with Crippen LogP contribution >= 0.6 is 0 Å². The Bertz CT molecular complexity index is 522. The van der Waals surface area contributed by atoms with Crippen molar-refractivity contribution in [1.82, 2.24) is 9.55 Å². The van der Waals surface area contributed by atoms with Gasteiger partial charge in [-0.2, -0.15) is 0 Å². The lowest BCUT2D eigenvalue weighted by Gasteiger charge is -2.15. The molecular weight excluding hydrogens is 240 g/mol. The molecule has 1 heterocycles. The van der Waals surface area contributed by atoms with Gasteiger partial charge < -0.3 is 14.4 Å². The molecule has 0 aliphatic carbocycles. The van der Waals surface area contributed by atoms with Gasteiger partial charge in [0.1, 0.15) is 18.2 Å². The molecule has 1 aromatic heterocycles. The van der Waals surface area contributed by atoms with Gasteiger partial charge in [0.25, 0.3) is 0 Å². The molecule has 4 heteroatoms. The molecule has 0 spiro atoms. The first kappa shape index (κ1) is 13.6. The number of hydrogen-bond acceptors (Lipinski definition) is 3. The first-order chi connectivity index (χ1) is 9.22.